The summed E-state index contributed by atoms with van der Waals surface area (Å²) in [6.07, 6.45) is 0. The Morgan fingerprint density at radius 2 is 1.95 bits per heavy atom. The highest BCUT2D eigenvalue weighted by Gasteiger charge is 2.29. The van der Waals surface area contributed by atoms with Crippen molar-refractivity contribution >= 4 is 11.8 Å². The number of benzene rings is 2. The number of aromatic carboxylic acids is 1. The van der Waals surface area contributed by atoms with Crippen molar-refractivity contribution in [1.29, 1.82) is 0 Å². The minimum atomic E-state index is -1.03. The molecule has 0 aromatic heterocycles. The third-order valence-electron chi connectivity index (χ3n) is 3.48. The number of methoxy groups -OCH3 is 1. The SMILES string of the molecule is COCc1cccc2c1C(=O)c1cc(C(=O)O)ccc1-2. The second kappa shape index (κ2) is 4.58. The Morgan fingerprint density at radius 3 is 2.65 bits per heavy atom. The van der Waals surface area contributed by atoms with Gasteiger partial charge < -0.3 is 9.84 Å². The summed E-state index contributed by atoms with van der Waals surface area (Å²) in [5.41, 5.74) is 3.64. The van der Waals surface area contributed by atoms with Gasteiger partial charge in [0.2, 0.25) is 0 Å². The number of fused-ring (bicyclic) bond motifs is 3. The van der Waals surface area contributed by atoms with Crippen molar-refractivity contribution in [3.05, 3.63) is 58.7 Å². The van der Waals surface area contributed by atoms with E-state index < -0.39 is 5.97 Å². The van der Waals surface area contributed by atoms with Crippen LogP contribution in [-0.4, -0.2) is 24.0 Å². The molecule has 0 bridgehead atoms. The van der Waals surface area contributed by atoms with Crippen LogP contribution in [0, 0.1) is 0 Å². The van der Waals surface area contributed by atoms with Gasteiger partial charge in [0.25, 0.3) is 0 Å². The van der Waals surface area contributed by atoms with E-state index in [0.29, 0.717) is 17.7 Å². The van der Waals surface area contributed by atoms with Crippen LogP contribution in [0.4, 0.5) is 0 Å². The molecule has 0 unspecified atom stereocenters. The Bertz CT molecular complexity index is 731. The van der Waals surface area contributed by atoms with E-state index in [0.717, 1.165) is 16.7 Å². The van der Waals surface area contributed by atoms with Crippen molar-refractivity contribution in [1.82, 2.24) is 0 Å². The van der Waals surface area contributed by atoms with Crippen molar-refractivity contribution in [3.8, 4) is 11.1 Å². The van der Waals surface area contributed by atoms with Crippen molar-refractivity contribution in [2.75, 3.05) is 7.11 Å². The summed E-state index contributed by atoms with van der Waals surface area (Å²) in [4.78, 5) is 23.5. The van der Waals surface area contributed by atoms with Crippen LogP contribution in [0.15, 0.2) is 36.4 Å². The molecule has 100 valence electrons. The molecule has 1 aliphatic rings. The van der Waals surface area contributed by atoms with Gasteiger partial charge in [0.1, 0.15) is 0 Å². The van der Waals surface area contributed by atoms with Crippen LogP contribution < -0.4 is 0 Å². The molecular formula is C16H12O4. The number of carboxylic acid groups (broad SMARTS) is 1. The number of carboxylic acids is 1. The zero-order chi connectivity index (χ0) is 14.3. The highest BCUT2D eigenvalue weighted by Crippen LogP contribution is 2.38. The molecule has 0 fully saturated rings. The predicted octanol–water partition coefficient (Wildman–Crippen LogP) is 2.74. The maximum absolute atomic E-state index is 12.5. The summed E-state index contributed by atoms with van der Waals surface area (Å²) >= 11 is 0. The number of hydrogen-bond donors (Lipinski definition) is 1. The van der Waals surface area contributed by atoms with Gasteiger partial charge in [-0.25, -0.2) is 4.79 Å². The molecule has 4 nitrogen and oxygen atoms in total. The molecule has 0 radical (unpaired) electrons. The van der Waals surface area contributed by atoms with Gasteiger partial charge in [-0.15, -0.1) is 0 Å². The number of ether oxygens (including phenoxy) is 1. The molecule has 2 aromatic rings. The fourth-order valence-corrected chi connectivity index (χ4v) is 2.60. The third kappa shape index (κ3) is 1.73. The lowest BCUT2D eigenvalue weighted by atomic mass is 10.0. The lowest BCUT2D eigenvalue weighted by molar-refractivity contribution is 0.0697. The summed E-state index contributed by atoms with van der Waals surface area (Å²) in [6.45, 7) is 0.356. The maximum atomic E-state index is 12.5. The van der Waals surface area contributed by atoms with Crippen LogP contribution in [0.5, 0.6) is 0 Å². The van der Waals surface area contributed by atoms with E-state index in [9.17, 15) is 9.59 Å². The zero-order valence-corrected chi connectivity index (χ0v) is 10.8. The van der Waals surface area contributed by atoms with E-state index in [1.54, 1.807) is 13.2 Å². The molecule has 0 saturated carbocycles. The average Bonchev–Trinajstić information content (AvgIpc) is 2.73. The second-order valence-corrected chi connectivity index (χ2v) is 4.67. The minimum Gasteiger partial charge on any atom is -0.478 e. The molecule has 1 N–H and O–H groups in total. The van der Waals surface area contributed by atoms with Gasteiger partial charge in [0, 0.05) is 18.2 Å². The third-order valence-corrected chi connectivity index (χ3v) is 3.48. The van der Waals surface area contributed by atoms with Gasteiger partial charge in [-0.1, -0.05) is 24.3 Å². The van der Waals surface area contributed by atoms with Crippen LogP contribution in [0.3, 0.4) is 0 Å². The summed E-state index contributed by atoms with van der Waals surface area (Å²) in [7, 11) is 1.58. The molecule has 0 heterocycles. The topological polar surface area (TPSA) is 63.6 Å². The standard InChI is InChI=1S/C16H12O4/c1-20-8-10-3-2-4-12-11-6-5-9(16(18)19)7-13(11)15(17)14(10)12/h2-7H,8H2,1H3,(H,18,19). The minimum absolute atomic E-state index is 0.123. The van der Waals surface area contributed by atoms with E-state index in [2.05, 4.69) is 0 Å². The molecule has 4 heteroatoms. The number of ketones is 1. The first-order valence-electron chi connectivity index (χ1n) is 6.16. The molecule has 0 saturated heterocycles. The van der Waals surface area contributed by atoms with Crippen LogP contribution in [-0.2, 0) is 11.3 Å². The molecule has 0 atom stereocenters. The van der Waals surface area contributed by atoms with E-state index in [4.69, 9.17) is 9.84 Å². The summed E-state index contributed by atoms with van der Waals surface area (Å²) in [5, 5.41) is 9.03. The number of rotatable bonds is 3. The molecule has 20 heavy (non-hydrogen) atoms. The predicted molar refractivity (Wildman–Crippen MR) is 73.0 cm³/mol. The number of carbonyl (C=O) groups excluding carboxylic acids is 1. The Kier molecular flexibility index (Phi) is 2.88. The fourth-order valence-electron chi connectivity index (χ4n) is 2.60. The van der Waals surface area contributed by atoms with Crippen LogP contribution in [0.25, 0.3) is 11.1 Å². The van der Waals surface area contributed by atoms with Crippen LogP contribution >= 0.6 is 0 Å². The first-order valence-corrected chi connectivity index (χ1v) is 6.16. The average molecular weight is 268 g/mol. The summed E-state index contributed by atoms with van der Waals surface area (Å²) in [5.74, 6) is -1.17. The van der Waals surface area contributed by atoms with E-state index in [1.165, 1.54) is 12.1 Å². The molecule has 0 aliphatic heterocycles. The number of hydrogen-bond acceptors (Lipinski definition) is 3. The fraction of sp³-hybridized carbons (Fsp3) is 0.125. The van der Waals surface area contributed by atoms with Crippen molar-refractivity contribution in [2.45, 2.75) is 6.61 Å². The highest BCUT2D eigenvalue weighted by molar-refractivity contribution is 6.23. The van der Waals surface area contributed by atoms with Gasteiger partial charge in [-0.2, -0.15) is 0 Å². The molecule has 2 aromatic carbocycles. The second-order valence-electron chi connectivity index (χ2n) is 4.67. The first-order chi connectivity index (χ1) is 9.63. The van der Waals surface area contributed by atoms with Crippen LogP contribution in [0.2, 0.25) is 0 Å². The van der Waals surface area contributed by atoms with Gasteiger partial charge in [0.15, 0.2) is 5.78 Å². The van der Waals surface area contributed by atoms with Gasteiger partial charge in [-0.05, 0) is 28.8 Å². The van der Waals surface area contributed by atoms with E-state index >= 15 is 0 Å². The highest BCUT2D eigenvalue weighted by atomic mass is 16.5. The first kappa shape index (κ1) is 12.6. The van der Waals surface area contributed by atoms with Crippen molar-refractivity contribution < 1.29 is 19.4 Å². The lowest BCUT2D eigenvalue weighted by Crippen LogP contribution is -2.03. The smallest absolute Gasteiger partial charge is 0.335 e. The van der Waals surface area contributed by atoms with E-state index in [-0.39, 0.29) is 11.3 Å². The Hall–Kier alpha value is -2.46. The van der Waals surface area contributed by atoms with Gasteiger partial charge in [0.05, 0.1) is 12.2 Å². The normalized spacial score (nSPS) is 12.2. The molecule has 1 aliphatic carbocycles. The summed E-state index contributed by atoms with van der Waals surface area (Å²) < 4.78 is 5.12. The monoisotopic (exact) mass is 268 g/mol. The molecule has 0 amide bonds. The van der Waals surface area contributed by atoms with Gasteiger partial charge >= 0.3 is 5.97 Å². The summed E-state index contributed by atoms with van der Waals surface area (Å²) in [6, 6.07) is 10.3. The molecular weight excluding hydrogens is 256 g/mol. The molecule has 3 rings (SSSR count). The molecule has 0 spiro atoms. The number of carbonyl (C=O) groups is 2. The Morgan fingerprint density at radius 1 is 1.15 bits per heavy atom. The van der Waals surface area contributed by atoms with Gasteiger partial charge in [-0.3, -0.25) is 4.79 Å². The van der Waals surface area contributed by atoms with Crippen molar-refractivity contribution in [3.63, 3.8) is 0 Å². The Balaban J connectivity index is 2.21. The Labute approximate surface area is 115 Å². The zero-order valence-electron chi connectivity index (χ0n) is 10.8. The van der Waals surface area contributed by atoms with E-state index in [1.807, 2.05) is 18.2 Å². The van der Waals surface area contributed by atoms with Crippen LogP contribution in [0.1, 0.15) is 31.8 Å². The quantitative estimate of drug-likeness (QED) is 0.793. The lowest BCUT2D eigenvalue weighted by Gasteiger charge is -2.05. The van der Waals surface area contributed by atoms with Crippen molar-refractivity contribution in [2.24, 2.45) is 0 Å². The largest absolute Gasteiger partial charge is 0.478 e. The maximum Gasteiger partial charge on any atom is 0.335 e.